The second-order valence-corrected chi connectivity index (χ2v) is 5.68. The Bertz CT molecular complexity index is 703. The summed E-state index contributed by atoms with van der Waals surface area (Å²) in [6, 6.07) is 16.3. The number of anilines is 2. The van der Waals surface area contributed by atoms with E-state index in [1.165, 1.54) is 0 Å². The molecule has 3 rings (SSSR count). The van der Waals surface area contributed by atoms with E-state index in [4.69, 9.17) is 11.6 Å². The Morgan fingerprint density at radius 1 is 1.14 bits per heavy atom. The number of para-hydroxylation sites is 1. The molecular formula is C17H15ClN2O2. The van der Waals surface area contributed by atoms with Crippen molar-refractivity contribution in [1.82, 2.24) is 0 Å². The number of hydrogen-bond donors (Lipinski definition) is 1. The molecule has 0 aromatic heterocycles. The van der Waals surface area contributed by atoms with Gasteiger partial charge in [0.05, 0.1) is 5.92 Å². The van der Waals surface area contributed by atoms with Crippen LogP contribution in [0.2, 0.25) is 5.02 Å². The van der Waals surface area contributed by atoms with Gasteiger partial charge in [0.2, 0.25) is 11.8 Å². The summed E-state index contributed by atoms with van der Waals surface area (Å²) >= 11 is 5.96. The van der Waals surface area contributed by atoms with Crippen LogP contribution in [0.3, 0.4) is 0 Å². The third-order valence-electron chi connectivity index (χ3n) is 3.66. The molecule has 1 heterocycles. The molecule has 2 aromatic carbocycles. The molecule has 0 radical (unpaired) electrons. The van der Waals surface area contributed by atoms with Gasteiger partial charge in [-0.1, -0.05) is 35.9 Å². The number of rotatable bonds is 3. The van der Waals surface area contributed by atoms with E-state index in [9.17, 15) is 9.59 Å². The number of amides is 2. The first kappa shape index (κ1) is 14.6. The Morgan fingerprint density at radius 2 is 1.91 bits per heavy atom. The molecule has 1 aliphatic rings. The molecule has 112 valence electrons. The molecule has 0 aliphatic carbocycles. The van der Waals surface area contributed by atoms with E-state index in [0.717, 1.165) is 11.4 Å². The average Bonchev–Trinajstić information content (AvgIpc) is 2.90. The van der Waals surface area contributed by atoms with E-state index in [1.807, 2.05) is 36.4 Å². The van der Waals surface area contributed by atoms with Crippen LogP contribution in [0.4, 0.5) is 11.4 Å². The summed E-state index contributed by atoms with van der Waals surface area (Å²) in [6.07, 6.45) is 0.213. The molecule has 2 amide bonds. The zero-order chi connectivity index (χ0) is 15.5. The number of benzene rings is 2. The zero-order valence-electron chi connectivity index (χ0n) is 11.8. The van der Waals surface area contributed by atoms with Crippen molar-refractivity contribution in [3.8, 4) is 0 Å². The molecule has 5 heteroatoms. The van der Waals surface area contributed by atoms with Gasteiger partial charge in [0.25, 0.3) is 0 Å². The Morgan fingerprint density at radius 3 is 2.64 bits per heavy atom. The molecule has 0 spiro atoms. The highest BCUT2D eigenvalue weighted by Gasteiger charge is 2.35. The topological polar surface area (TPSA) is 49.4 Å². The number of nitrogens with one attached hydrogen (secondary N) is 1. The lowest BCUT2D eigenvalue weighted by atomic mass is 10.1. The molecule has 0 bridgehead atoms. The Labute approximate surface area is 133 Å². The fraction of sp³-hybridized carbons (Fsp3) is 0.176. The molecule has 1 atom stereocenters. The second kappa shape index (κ2) is 6.20. The highest BCUT2D eigenvalue weighted by Crippen LogP contribution is 2.27. The average molecular weight is 315 g/mol. The monoisotopic (exact) mass is 314 g/mol. The fourth-order valence-electron chi connectivity index (χ4n) is 2.54. The Kier molecular flexibility index (Phi) is 4.11. The molecule has 1 fully saturated rings. The van der Waals surface area contributed by atoms with Crippen molar-refractivity contribution in [2.45, 2.75) is 6.42 Å². The largest absolute Gasteiger partial charge is 0.326 e. The summed E-state index contributed by atoms with van der Waals surface area (Å²) in [6.45, 7) is 0.373. The first-order chi connectivity index (χ1) is 10.6. The van der Waals surface area contributed by atoms with Gasteiger partial charge in [0.1, 0.15) is 0 Å². The van der Waals surface area contributed by atoms with Crippen molar-refractivity contribution in [2.75, 3.05) is 16.8 Å². The molecule has 22 heavy (non-hydrogen) atoms. The van der Waals surface area contributed by atoms with Crippen LogP contribution in [0.1, 0.15) is 6.42 Å². The predicted molar refractivity (Wildman–Crippen MR) is 87.0 cm³/mol. The van der Waals surface area contributed by atoms with Gasteiger partial charge in [0, 0.05) is 29.4 Å². The van der Waals surface area contributed by atoms with Crippen molar-refractivity contribution in [1.29, 1.82) is 0 Å². The maximum atomic E-state index is 12.3. The molecule has 4 nitrogen and oxygen atoms in total. The van der Waals surface area contributed by atoms with Crippen LogP contribution < -0.4 is 10.2 Å². The predicted octanol–water partition coefficient (Wildman–Crippen LogP) is 3.33. The maximum Gasteiger partial charge on any atom is 0.229 e. The Hall–Kier alpha value is -2.33. The lowest BCUT2D eigenvalue weighted by molar-refractivity contribution is -0.122. The zero-order valence-corrected chi connectivity index (χ0v) is 12.6. The molecule has 1 aliphatic heterocycles. The molecule has 0 saturated carbocycles. The molecule has 2 aromatic rings. The number of carbonyl (C=O) groups is 2. The summed E-state index contributed by atoms with van der Waals surface area (Å²) in [5, 5.41) is 3.42. The fourth-order valence-corrected chi connectivity index (χ4v) is 2.73. The molecular weight excluding hydrogens is 300 g/mol. The van der Waals surface area contributed by atoms with Crippen LogP contribution in [0.15, 0.2) is 54.6 Å². The highest BCUT2D eigenvalue weighted by molar-refractivity contribution is 6.31. The van der Waals surface area contributed by atoms with Gasteiger partial charge < -0.3 is 10.2 Å². The van der Waals surface area contributed by atoms with Crippen molar-refractivity contribution in [3.63, 3.8) is 0 Å². The molecule has 1 saturated heterocycles. The quantitative estimate of drug-likeness (QED) is 0.944. The minimum atomic E-state index is -0.355. The van der Waals surface area contributed by atoms with Gasteiger partial charge in [-0.05, 0) is 30.3 Å². The summed E-state index contributed by atoms with van der Waals surface area (Å²) in [5.41, 5.74) is 1.47. The van der Waals surface area contributed by atoms with Crippen LogP contribution in [0, 0.1) is 5.92 Å². The van der Waals surface area contributed by atoms with Crippen molar-refractivity contribution < 1.29 is 9.59 Å². The van der Waals surface area contributed by atoms with Gasteiger partial charge in [-0.2, -0.15) is 0 Å². The van der Waals surface area contributed by atoms with Gasteiger partial charge >= 0.3 is 0 Å². The van der Waals surface area contributed by atoms with E-state index < -0.39 is 0 Å². The van der Waals surface area contributed by atoms with E-state index in [-0.39, 0.29) is 24.2 Å². The van der Waals surface area contributed by atoms with E-state index >= 15 is 0 Å². The van der Waals surface area contributed by atoms with E-state index in [0.29, 0.717) is 11.6 Å². The number of halogens is 1. The third kappa shape index (κ3) is 3.12. The SMILES string of the molecule is O=C(Nc1ccccc1)[C@H]1CC(=O)N(c2cccc(Cl)c2)C1. The summed E-state index contributed by atoms with van der Waals surface area (Å²) in [5.74, 6) is -0.550. The van der Waals surface area contributed by atoms with Crippen LogP contribution in [0.25, 0.3) is 0 Å². The summed E-state index contributed by atoms with van der Waals surface area (Å²) < 4.78 is 0. The third-order valence-corrected chi connectivity index (χ3v) is 3.89. The van der Waals surface area contributed by atoms with Gasteiger partial charge in [-0.25, -0.2) is 0 Å². The highest BCUT2D eigenvalue weighted by atomic mass is 35.5. The first-order valence-corrected chi connectivity index (χ1v) is 7.43. The van der Waals surface area contributed by atoms with Gasteiger partial charge in [0.15, 0.2) is 0 Å². The standard InChI is InChI=1S/C17H15ClN2O2/c18-13-5-4-8-15(10-13)20-11-12(9-16(20)21)17(22)19-14-6-2-1-3-7-14/h1-8,10,12H,9,11H2,(H,19,22)/t12-/m0/s1. The molecule has 1 N–H and O–H groups in total. The Balaban J connectivity index is 1.70. The van der Waals surface area contributed by atoms with Gasteiger partial charge in [-0.15, -0.1) is 0 Å². The van der Waals surface area contributed by atoms with Crippen LogP contribution in [0.5, 0.6) is 0 Å². The maximum absolute atomic E-state index is 12.3. The smallest absolute Gasteiger partial charge is 0.229 e. The summed E-state index contributed by atoms with van der Waals surface area (Å²) in [4.78, 5) is 26.1. The first-order valence-electron chi connectivity index (χ1n) is 7.05. The minimum absolute atomic E-state index is 0.0597. The number of carbonyl (C=O) groups excluding carboxylic acids is 2. The minimum Gasteiger partial charge on any atom is -0.326 e. The molecule has 0 unspecified atom stereocenters. The second-order valence-electron chi connectivity index (χ2n) is 5.24. The lowest BCUT2D eigenvalue weighted by Crippen LogP contribution is -2.28. The number of nitrogens with zero attached hydrogens (tertiary/aromatic N) is 1. The van der Waals surface area contributed by atoms with E-state index in [1.54, 1.807) is 23.1 Å². The summed E-state index contributed by atoms with van der Waals surface area (Å²) in [7, 11) is 0. The van der Waals surface area contributed by atoms with E-state index in [2.05, 4.69) is 5.32 Å². The normalized spacial score (nSPS) is 17.6. The van der Waals surface area contributed by atoms with Crippen LogP contribution in [-0.2, 0) is 9.59 Å². The van der Waals surface area contributed by atoms with Crippen molar-refractivity contribution in [2.24, 2.45) is 5.92 Å². The van der Waals surface area contributed by atoms with Crippen molar-refractivity contribution in [3.05, 3.63) is 59.6 Å². The van der Waals surface area contributed by atoms with Gasteiger partial charge in [-0.3, -0.25) is 9.59 Å². The van der Waals surface area contributed by atoms with Crippen LogP contribution in [-0.4, -0.2) is 18.4 Å². The van der Waals surface area contributed by atoms with Crippen LogP contribution >= 0.6 is 11.6 Å². The number of hydrogen-bond acceptors (Lipinski definition) is 2. The van der Waals surface area contributed by atoms with Crippen molar-refractivity contribution >= 4 is 34.8 Å². The lowest BCUT2D eigenvalue weighted by Gasteiger charge is -2.17.